The van der Waals surface area contributed by atoms with Crippen LogP contribution in [0.25, 0.3) is 0 Å². The minimum Gasteiger partial charge on any atom is -0.481 e. The third kappa shape index (κ3) is 25.3. The Balaban J connectivity index is 4.33. The summed E-state index contributed by atoms with van der Waals surface area (Å²) in [6.07, 6.45) is 17.8. The van der Waals surface area contributed by atoms with Gasteiger partial charge < -0.3 is 19.7 Å². The van der Waals surface area contributed by atoms with Crippen LogP contribution in [0, 0.1) is 11.8 Å². The van der Waals surface area contributed by atoms with Gasteiger partial charge in [-0.15, -0.1) is 0 Å². The Hall–Kier alpha value is -1.58. The largest absolute Gasteiger partial charge is 0.481 e. The molecule has 0 saturated heterocycles. The van der Waals surface area contributed by atoms with Crippen molar-refractivity contribution in [1.82, 2.24) is 0 Å². The average Bonchev–Trinajstić information content (AvgIpc) is 2.80. The molecule has 0 spiro atoms. The van der Waals surface area contributed by atoms with E-state index < -0.39 is 18.2 Å². The molecule has 0 amide bonds. The topological polar surface area (TPSA) is 93.1 Å². The van der Waals surface area contributed by atoms with Gasteiger partial charge in [-0.1, -0.05) is 83.5 Å². The van der Waals surface area contributed by atoms with Gasteiger partial charge in [-0.05, 0) is 51.9 Å². The quantitative estimate of drug-likeness (QED) is 0.0807. The maximum absolute atomic E-state index is 10.7. The maximum Gasteiger partial charge on any atom is 0.303 e. The average molecular weight is 497 g/mol. The number of aliphatic carboxylic acids is 2. The molecule has 6 heteroatoms. The second-order valence-electron chi connectivity index (χ2n) is 9.76. The Bertz CT molecular complexity index is 549. The van der Waals surface area contributed by atoms with E-state index in [0.29, 0.717) is 12.8 Å². The fourth-order valence-corrected chi connectivity index (χ4v) is 3.93. The summed E-state index contributed by atoms with van der Waals surface area (Å²) >= 11 is 0. The predicted molar refractivity (Wildman–Crippen MR) is 141 cm³/mol. The molecule has 2 N–H and O–H groups in total. The maximum atomic E-state index is 10.7. The van der Waals surface area contributed by atoms with E-state index in [4.69, 9.17) is 19.7 Å². The predicted octanol–water partition coefficient (Wildman–Crippen LogP) is 7.73. The van der Waals surface area contributed by atoms with Crippen LogP contribution in [0.3, 0.4) is 0 Å². The van der Waals surface area contributed by atoms with E-state index in [1.807, 2.05) is 13.8 Å². The van der Waals surface area contributed by atoms with Gasteiger partial charge in [-0.2, -0.15) is 0 Å². The highest BCUT2D eigenvalue weighted by Gasteiger charge is 2.15. The van der Waals surface area contributed by atoms with E-state index in [9.17, 15) is 9.59 Å². The number of carboxylic acid groups (broad SMARTS) is 2. The highest BCUT2D eigenvalue weighted by molar-refractivity contribution is 5.66. The Labute approximate surface area is 214 Å². The van der Waals surface area contributed by atoms with Gasteiger partial charge in [-0.3, -0.25) is 9.59 Å². The third-order valence-electron chi connectivity index (χ3n) is 6.09. The van der Waals surface area contributed by atoms with Gasteiger partial charge in [0.25, 0.3) is 0 Å². The van der Waals surface area contributed by atoms with Crippen molar-refractivity contribution in [1.29, 1.82) is 0 Å². The molecule has 204 valence electrons. The fourth-order valence-electron chi connectivity index (χ4n) is 3.93. The van der Waals surface area contributed by atoms with E-state index >= 15 is 0 Å². The molecule has 0 bridgehead atoms. The molecule has 0 radical (unpaired) electrons. The van der Waals surface area contributed by atoms with Crippen molar-refractivity contribution in [2.45, 2.75) is 161 Å². The molecule has 0 aromatic heterocycles. The standard InChI is InChI=1S/C29H52O6/c1-4-5-6-7-8-9-10-11-12-13-14-15-24-29(34-25(2)20-16-18-22-27(30)31)35-26(3)21-17-19-23-28(32)33/h25-26,29H,4-14,16-23H2,1-3H3,(H,30,31)(H,32,33). The minimum absolute atomic E-state index is 0.0698. The Morgan fingerprint density at radius 2 is 1.09 bits per heavy atom. The number of carboxylic acids is 2. The molecule has 0 rings (SSSR count). The van der Waals surface area contributed by atoms with Crippen LogP contribution in [-0.2, 0) is 19.1 Å². The van der Waals surface area contributed by atoms with Crippen LogP contribution in [0.4, 0.5) is 0 Å². The van der Waals surface area contributed by atoms with Crippen LogP contribution >= 0.6 is 0 Å². The van der Waals surface area contributed by atoms with Crippen LogP contribution in [0.15, 0.2) is 0 Å². The summed E-state index contributed by atoms with van der Waals surface area (Å²) < 4.78 is 12.1. The molecule has 0 fully saturated rings. The molecule has 0 aromatic carbocycles. The van der Waals surface area contributed by atoms with Crippen LogP contribution in [0.5, 0.6) is 0 Å². The molecule has 0 aliphatic rings. The van der Waals surface area contributed by atoms with Gasteiger partial charge in [0.1, 0.15) is 0 Å². The van der Waals surface area contributed by atoms with Gasteiger partial charge in [0, 0.05) is 19.3 Å². The first kappa shape index (κ1) is 33.4. The summed E-state index contributed by atoms with van der Waals surface area (Å²) in [6.45, 7) is 6.19. The molecule has 0 saturated carbocycles. The summed E-state index contributed by atoms with van der Waals surface area (Å²) in [5.41, 5.74) is 0. The van der Waals surface area contributed by atoms with Gasteiger partial charge in [0.2, 0.25) is 6.29 Å². The third-order valence-corrected chi connectivity index (χ3v) is 6.09. The molecule has 6 nitrogen and oxygen atoms in total. The molecule has 0 heterocycles. The normalized spacial score (nSPS) is 13.6. The zero-order valence-electron chi connectivity index (χ0n) is 22.7. The second-order valence-corrected chi connectivity index (χ2v) is 9.76. The second kappa shape index (κ2) is 24.1. The van der Waals surface area contributed by atoms with Crippen molar-refractivity contribution in [2.24, 2.45) is 0 Å². The minimum atomic E-state index is -0.769. The lowest BCUT2D eigenvalue weighted by atomic mass is 10.1. The summed E-state index contributed by atoms with van der Waals surface area (Å²) in [5.74, 6) is 4.84. The van der Waals surface area contributed by atoms with Crippen LogP contribution in [-0.4, -0.2) is 40.6 Å². The molecule has 0 aliphatic carbocycles. The first-order valence-electron chi connectivity index (χ1n) is 14.1. The van der Waals surface area contributed by atoms with Crippen molar-refractivity contribution >= 4 is 11.9 Å². The van der Waals surface area contributed by atoms with Crippen LogP contribution in [0.1, 0.15) is 143 Å². The first-order valence-corrected chi connectivity index (χ1v) is 14.1. The van der Waals surface area contributed by atoms with Crippen molar-refractivity contribution < 1.29 is 29.3 Å². The SMILES string of the molecule is CCCCCCCCCCCCC#CC(OC(C)CCCCC(=O)O)OC(C)CCCCC(=O)O. The summed E-state index contributed by atoms with van der Waals surface area (Å²) in [6, 6.07) is 0. The number of rotatable bonds is 24. The molecular formula is C29H52O6. The van der Waals surface area contributed by atoms with E-state index in [1.54, 1.807) is 0 Å². The van der Waals surface area contributed by atoms with Crippen molar-refractivity contribution in [3.63, 3.8) is 0 Å². The van der Waals surface area contributed by atoms with Gasteiger partial charge in [-0.25, -0.2) is 0 Å². The number of hydrogen-bond donors (Lipinski definition) is 2. The van der Waals surface area contributed by atoms with Crippen molar-refractivity contribution in [2.75, 3.05) is 0 Å². The first-order chi connectivity index (χ1) is 16.8. The van der Waals surface area contributed by atoms with Gasteiger partial charge in [0.15, 0.2) is 0 Å². The zero-order chi connectivity index (χ0) is 26.2. The number of unbranched alkanes of at least 4 members (excludes halogenated alkanes) is 12. The Morgan fingerprint density at radius 3 is 1.51 bits per heavy atom. The van der Waals surface area contributed by atoms with Gasteiger partial charge >= 0.3 is 11.9 Å². The molecule has 2 atom stereocenters. The number of hydrogen-bond acceptors (Lipinski definition) is 4. The smallest absolute Gasteiger partial charge is 0.303 e. The lowest BCUT2D eigenvalue weighted by molar-refractivity contribution is -0.158. The molecule has 0 aromatic rings. The lowest BCUT2D eigenvalue weighted by Gasteiger charge is -2.22. The molecule has 35 heavy (non-hydrogen) atoms. The molecule has 0 aliphatic heterocycles. The van der Waals surface area contributed by atoms with E-state index in [-0.39, 0.29) is 25.0 Å². The molecule has 2 unspecified atom stereocenters. The highest BCUT2D eigenvalue weighted by Crippen LogP contribution is 2.14. The van der Waals surface area contributed by atoms with E-state index in [2.05, 4.69) is 18.8 Å². The summed E-state index contributed by atoms with van der Waals surface area (Å²) in [5, 5.41) is 17.6. The molecular weight excluding hydrogens is 444 g/mol. The summed E-state index contributed by atoms with van der Waals surface area (Å²) in [4.78, 5) is 21.4. The van der Waals surface area contributed by atoms with Gasteiger partial charge in [0.05, 0.1) is 12.2 Å². The Morgan fingerprint density at radius 1 is 0.657 bits per heavy atom. The van der Waals surface area contributed by atoms with Crippen LogP contribution < -0.4 is 0 Å². The van der Waals surface area contributed by atoms with Crippen LogP contribution in [0.2, 0.25) is 0 Å². The summed E-state index contributed by atoms with van der Waals surface area (Å²) in [7, 11) is 0. The highest BCUT2D eigenvalue weighted by atomic mass is 16.7. The Kier molecular flexibility index (Phi) is 23.0. The monoisotopic (exact) mass is 496 g/mol. The number of carbonyl (C=O) groups is 2. The van der Waals surface area contributed by atoms with Crippen molar-refractivity contribution in [3.05, 3.63) is 0 Å². The number of ether oxygens (including phenoxy) is 2. The lowest BCUT2D eigenvalue weighted by Crippen LogP contribution is -2.26. The zero-order valence-corrected chi connectivity index (χ0v) is 22.7. The van der Waals surface area contributed by atoms with Crippen molar-refractivity contribution in [3.8, 4) is 11.8 Å². The van der Waals surface area contributed by atoms with E-state index in [1.165, 1.54) is 57.8 Å². The fraction of sp³-hybridized carbons (Fsp3) is 0.862. The van der Waals surface area contributed by atoms with E-state index in [0.717, 1.165) is 38.5 Å².